The van der Waals surface area contributed by atoms with Crippen molar-refractivity contribution < 1.29 is 14.3 Å². The van der Waals surface area contributed by atoms with Gasteiger partial charge in [0.1, 0.15) is 5.15 Å². The lowest BCUT2D eigenvalue weighted by atomic mass is 10.0. The average Bonchev–Trinajstić information content (AvgIpc) is 2.33. The van der Waals surface area contributed by atoms with Gasteiger partial charge in [0.25, 0.3) is 5.91 Å². The summed E-state index contributed by atoms with van der Waals surface area (Å²) >= 11 is 5.67. The maximum Gasteiger partial charge on any atom is 0.340 e. The van der Waals surface area contributed by atoms with Crippen LogP contribution in [0.15, 0.2) is 18.3 Å². The average molecular weight is 313 g/mol. The first-order chi connectivity index (χ1) is 9.60. The largest absolute Gasteiger partial charge is 0.448 e. The van der Waals surface area contributed by atoms with Gasteiger partial charge >= 0.3 is 5.97 Å². The number of hydrogen-bond acceptors (Lipinski definition) is 4. The molecule has 0 aliphatic heterocycles. The third-order valence-electron chi connectivity index (χ3n) is 2.56. The smallest absolute Gasteiger partial charge is 0.340 e. The molecule has 21 heavy (non-hydrogen) atoms. The van der Waals surface area contributed by atoms with Crippen LogP contribution in [0.2, 0.25) is 5.15 Å². The van der Waals surface area contributed by atoms with Crippen molar-refractivity contribution in [3.63, 3.8) is 0 Å². The van der Waals surface area contributed by atoms with Crippen molar-refractivity contribution >= 4 is 23.5 Å². The Kier molecular flexibility index (Phi) is 5.72. The number of nitrogens with zero attached hydrogens (tertiary/aromatic N) is 1. The number of rotatable bonds is 4. The fraction of sp³-hybridized carbons (Fsp3) is 0.533. The maximum absolute atomic E-state index is 12.2. The predicted octanol–water partition coefficient (Wildman–Crippen LogP) is 2.83. The van der Waals surface area contributed by atoms with Crippen molar-refractivity contribution in [2.45, 2.75) is 46.3 Å². The minimum Gasteiger partial charge on any atom is -0.448 e. The monoisotopic (exact) mass is 312 g/mol. The number of carbonyl (C=O) groups is 2. The number of nitrogens with one attached hydrogen (secondary N) is 1. The van der Waals surface area contributed by atoms with Crippen molar-refractivity contribution in [1.29, 1.82) is 0 Å². The number of esters is 1. The number of carbonyl (C=O) groups excluding carboxylic acids is 2. The summed E-state index contributed by atoms with van der Waals surface area (Å²) in [6.07, 6.45) is 0.469. The molecule has 1 N–H and O–H groups in total. The molecule has 5 nitrogen and oxygen atoms in total. The van der Waals surface area contributed by atoms with Crippen molar-refractivity contribution in [1.82, 2.24) is 10.3 Å². The highest BCUT2D eigenvalue weighted by Gasteiger charge is 2.29. The topological polar surface area (TPSA) is 68.3 Å². The van der Waals surface area contributed by atoms with Gasteiger partial charge in [0.05, 0.1) is 5.56 Å². The molecule has 6 heteroatoms. The van der Waals surface area contributed by atoms with E-state index in [0.717, 1.165) is 0 Å². The number of amides is 1. The van der Waals surface area contributed by atoms with E-state index in [-0.39, 0.29) is 22.5 Å². The highest BCUT2D eigenvalue weighted by Crippen LogP contribution is 2.13. The summed E-state index contributed by atoms with van der Waals surface area (Å²) in [6.45, 7) is 9.24. The molecule has 1 aromatic heterocycles. The Hall–Kier alpha value is -1.62. The van der Waals surface area contributed by atoms with E-state index in [4.69, 9.17) is 16.3 Å². The van der Waals surface area contributed by atoms with E-state index in [1.54, 1.807) is 0 Å². The number of ether oxygens (including phenoxy) is 1. The first-order valence-electron chi connectivity index (χ1n) is 6.74. The van der Waals surface area contributed by atoms with Crippen LogP contribution >= 0.6 is 11.6 Å². The van der Waals surface area contributed by atoms with Crippen LogP contribution in [0.5, 0.6) is 0 Å². The molecular weight excluding hydrogens is 292 g/mol. The lowest BCUT2D eigenvalue weighted by Crippen LogP contribution is -2.48. The van der Waals surface area contributed by atoms with E-state index >= 15 is 0 Å². The van der Waals surface area contributed by atoms with Gasteiger partial charge in [-0.3, -0.25) is 4.79 Å². The summed E-state index contributed by atoms with van der Waals surface area (Å²) < 4.78 is 5.31. The summed E-state index contributed by atoms with van der Waals surface area (Å²) in [7, 11) is 0. The van der Waals surface area contributed by atoms with Crippen LogP contribution < -0.4 is 5.32 Å². The van der Waals surface area contributed by atoms with Gasteiger partial charge < -0.3 is 10.1 Å². The highest BCUT2D eigenvalue weighted by atomic mass is 35.5. The molecule has 0 radical (unpaired) electrons. The molecule has 1 aromatic rings. The maximum atomic E-state index is 12.2. The minimum atomic E-state index is -0.854. The second-order valence-corrected chi connectivity index (χ2v) is 6.57. The lowest BCUT2D eigenvalue weighted by molar-refractivity contribution is -0.133. The highest BCUT2D eigenvalue weighted by molar-refractivity contribution is 6.29. The van der Waals surface area contributed by atoms with E-state index in [2.05, 4.69) is 10.3 Å². The molecule has 116 valence electrons. The van der Waals surface area contributed by atoms with Crippen LogP contribution in [0.25, 0.3) is 0 Å². The Bertz CT molecular complexity index is 507. The van der Waals surface area contributed by atoms with Crippen LogP contribution in [0.4, 0.5) is 0 Å². The van der Waals surface area contributed by atoms with E-state index in [9.17, 15) is 9.59 Å². The summed E-state index contributed by atoms with van der Waals surface area (Å²) in [5.41, 5.74) is -0.132. The Morgan fingerprint density at radius 1 is 1.29 bits per heavy atom. The number of hydrogen-bond donors (Lipinski definition) is 1. The van der Waals surface area contributed by atoms with Crippen LogP contribution in [0, 0.1) is 5.92 Å². The van der Waals surface area contributed by atoms with Crippen molar-refractivity contribution in [2.75, 3.05) is 0 Å². The first-order valence-corrected chi connectivity index (χ1v) is 7.12. The first kappa shape index (κ1) is 17.4. The standard InChI is InChI=1S/C15H21ClN2O3/c1-9(2)12(13(19)18-15(3,4)5)21-14(20)10-6-7-11(16)17-8-10/h6-9,12H,1-5H3,(H,18,19)/t12-/m1/s1. The third kappa shape index (κ3) is 5.71. The number of halogens is 1. The fourth-order valence-corrected chi connectivity index (χ4v) is 1.72. The zero-order chi connectivity index (χ0) is 16.2. The molecule has 0 saturated carbocycles. The molecule has 0 bridgehead atoms. The van der Waals surface area contributed by atoms with Crippen LogP contribution in [-0.4, -0.2) is 28.5 Å². The van der Waals surface area contributed by atoms with Gasteiger partial charge in [-0.05, 0) is 38.8 Å². The van der Waals surface area contributed by atoms with Gasteiger partial charge in [0.15, 0.2) is 6.10 Å². The van der Waals surface area contributed by atoms with Crippen molar-refractivity contribution in [3.05, 3.63) is 29.0 Å². The van der Waals surface area contributed by atoms with Gasteiger partial charge in [0.2, 0.25) is 0 Å². The van der Waals surface area contributed by atoms with Crippen molar-refractivity contribution in [2.24, 2.45) is 5.92 Å². The molecular formula is C15H21ClN2O3. The quantitative estimate of drug-likeness (QED) is 0.685. The molecule has 1 heterocycles. The van der Waals surface area contributed by atoms with E-state index in [1.165, 1.54) is 18.3 Å². The lowest BCUT2D eigenvalue weighted by Gasteiger charge is -2.26. The normalized spacial score (nSPS) is 12.9. The van der Waals surface area contributed by atoms with Gasteiger partial charge in [-0.25, -0.2) is 9.78 Å². The van der Waals surface area contributed by atoms with Crippen LogP contribution in [0.1, 0.15) is 45.0 Å². The van der Waals surface area contributed by atoms with Gasteiger partial charge in [-0.1, -0.05) is 25.4 Å². The SMILES string of the molecule is CC(C)[C@@H](OC(=O)c1ccc(Cl)nc1)C(=O)NC(C)(C)C. The van der Waals surface area contributed by atoms with E-state index in [1.807, 2.05) is 34.6 Å². The number of aromatic nitrogens is 1. The van der Waals surface area contributed by atoms with Gasteiger partial charge in [0, 0.05) is 11.7 Å². The zero-order valence-corrected chi connectivity index (χ0v) is 13.7. The second-order valence-electron chi connectivity index (χ2n) is 6.18. The van der Waals surface area contributed by atoms with Crippen molar-refractivity contribution in [3.8, 4) is 0 Å². The molecule has 1 rings (SSSR count). The Morgan fingerprint density at radius 2 is 1.90 bits per heavy atom. The fourth-order valence-electron chi connectivity index (χ4n) is 1.61. The summed E-state index contributed by atoms with van der Waals surface area (Å²) in [5.74, 6) is -1.05. The Balaban J connectivity index is 2.81. The van der Waals surface area contributed by atoms with Crippen LogP contribution in [0.3, 0.4) is 0 Å². The Labute approximate surface area is 130 Å². The molecule has 0 spiro atoms. The molecule has 1 atom stereocenters. The zero-order valence-electron chi connectivity index (χ0n) is 12.9. The van der Waals surface area contributed by atoms with Crippen LogP contribution in [-0.2, 0) is 9.53 Å². The van der Waals surface area contributed by atoms with Gasteiger partial charge in [-0.2, -0.15) is 0 Å². The molecule has 0 aliphatic rings. The molecule has 0 aliphatic carbocycles. The summed E-state index contributed by atoms with van der Waals surface area (Å²) in [4.78, 5) is 28.1. The summed E-state index contributed by atoms with van der Waals surface area (Å²) in [5, 5.41) is 3.10. The molecule has 0 aromatic carbocycles. The number of pyridine rings is 1. The molecule has 1 amide bonds. The Morgan fingerprint density at radius 3 is 2.33 bits per heavy atom. The third-order valence-corrected chi connectivity index (χ3v) is 2.78. The predicted molar refractivity (Wildman–Crippen MR) is 81.2 cm³/mol. The van der Waals surface area contributed by atoms with E-state index in [0.29, 0.717) is 0 Å². The van der Waals surface area contributed by atoms with E-state index < -0.39 is 17.6 Å². The summed E-state index contributed by atoms with van der Waals surface area (Å²) in [6, 6.07) is 3.01. The molecule has 0 saturated heterocycles. The minimum absolute atomic E-state index is 0.142. The second kappa shape index (κ2) is 6.89. The van der Waals surface area contributed by atoms with Gasteiger partial charge in [-0.15, -0.1) is 0 Å². The molecule has 0 fully saturated rings. The molecule has 0 unspecified atom stereocenters.